The molecule has 1 aromatic carbocycles. The van der Waals surface area contributed by atoms with Crippen molar-refractivity contribution in [1.82, 2.24) is 0 Å². The first kappa shape index (κ1) is 9.66. The number of aryl methyl sites for hydroxylation is 1. The maximum atomic E-state index is 3.84. The van der Waals surface area contributed by atoms with E-state index < -0.39 is 0 Å². The van der Waals surface area contributed by atoms with Crippen LogP contribution in [0.2, 0.25) is 0 Å². The van der Waals surface area contributed by atoms with Crippen molar-refractivity contribution in [2.24, 2.45) is 7.05 Å². The summed E-state index contributed by atoms with van der Waals surface area (Å²) in [5.74, 6) is 0. The lowest BCUT2D eigenvalue weighted by atomic mass is 10.1. The van der Waals surface area contributed by atoms with Gasteiger partial charge in [-0.15, -0.1) is 0 Å². The van der Waals surface area contributed by atoms with E-state index in [-0.39, 0.29) is 0 Å². The van der Waals surface area contributed by atoms with Crippen molar-refractivity contribution in [2.75, 3.05) is 0 Å². The van der Waals surface area contributed by atoms with Crippen LogP contribution in [-0.2, 0) is 7.05 Å². The molecule has 1 heterocycles. The Morgan fingerprint density at radius 1 is 1.13 bits per heavy atom. The highest BCUT2D eigenvalue weighted by Crippen LogP contribution is 2.16. The van der Waals surface area contributed by atoms with E-state index in [1.165, 1.54) is 10.9 Å². The molecule has 0 fully saturated rings. The Balaban J connectivity index is 2.93. The summed E-state index contributed by atoms with van der Waals surface area (Å²) in [5, 5.41) is 1.22. The minimum Gasteiger partial charge on any atom is -0.194 e. The van der Waals surface area contributed by atoms with Gasteiger partial charge in [0.1, 0.15) is 7.05 Å². The molecule has 0 bridgehead atoms. The molecule has 0 radical (unpaired) electrons. The fraction of sp³-hybridized carbons (Fsp3) is 0.0714. The zero-order valence-electron chi connectivity index (χ0n) is 8.90. The minimum atomic E-state index is 1.10. The van der Waals surface area contributed by atoms with Crippen molar-refractivity contribution in [1.29, 1.82) is 0 Å². The van der Waals surface area contributed by atoms with E-state index in [2.05, 4.69) is 35.9 Å². The van der Waals surface area contributed by atoms with Crippen LogP contribution in [0, 0.1) is 0 Å². The van der Waals surface area contributed by atoms with Crippen LogP contribution in [0.4, 0.5) is 0 Å². The first-order chi connectivity index (χ1) is 7.27. The first-order valence-corrected chi connectivity index (χ1v) is 4.94. The molecule has 15 heavy (non-hydrogen) atoms. The van der Waals surface area contributed by atoms with Gasteiger partial charge in [-0.2, -0.15) is 4.57 Å². The number of hydrogen-bond acceptors (Lipinski definition) is 0. The number of fused-ring (bicyclic) bond motifs is 1. The number of nitrogens with zero attached hydrogens (tertiary/aromatic N) is 1. The van der Waals surface area contributed by atoms with Gasteiger partial charge in [0, 0.05) is 23.1 Å². The molecule has 0 saturated heterocycles. The lowest BCUT2D eigenvalue weighted by Gasteiger charge is -2.03. The van der Waals surface area contributed by atoms with E-state index in [1.807, 2.05) is 31.3 Å². The number of rotatable bonds is 2. The molecule has 0 saturated carbocycles. The molecule has 0 amide bonds. The monoisotopic (exact) mass is 196 g/mol. The normalized spacial score (nSPS) is 10.2. The quantitative estimate of drug-likeness (QED) is 0.650. The SMILES string of the molecule is C=Cc1cc2ccccc2[n+](C)c1C=C. The average molecular weight is 196 g/mol. The van der Waals surface area contributed by atoms with Gasteiger partial charge in [0.25, 0.3) is 0 Å². The molecular formula is C14H14N+. The Kier molecular flexibility index (Phi) is 2.38. The van der Waals surface area contributed by atoms with Crippen LogP contribution in [0.25, 0.3) is 23.1 Å². The van der Waals surface area contributed by atoms with E-state index in [1.54, 1.807) is 0 Å². The first-order valence-electron chi connectivity index (χ1n) is 4.94. The van der Waals surface area contributed by atoms with Crippen LogP contribution < -0.4 is 4.57 Å². The molecule has 0 spiro atoms. The molecule has 0 aliphatic carbocycles. The summed E-state index contributed by atoms with van der Waals surface area (Å²) in [6.45, 7) is 7.66. The van der Waals surface area contributed by atoms with Gasteiger partial charge in [-0.1, -0.05) is 31.4 Å². The summed E-state index contributed by atoms with van der Waals surface area (Å²) in [5.41, 5.74) is 3.42. The Labute approximate surface area is 90.0 Å². The predicted octanol–water partition coefficient (Wildman–Crippen LogP) is 2.95. The topological polar surface area (TPSA) is 3.88 Å². The lowest BCUT2D eigenvalue weighted by Crippen LogP contribution is -2.33. The van der Waals surface area contributed by atoms with Crippen molar-refractivity contribution in [3.8, 4) is 0 Å². The van der Waals surface area contributed by atoms with Crippen molar-refractivity contribution in [2.45, 2.75) is 0 Å². The van der Waals surface area contributed by atoms with E-state index in [0.717, 1.165) is 11.3 Å². The molecule has 1 nitrogen and oxygen atoms in total. The summed E-state index contributed by atoms with van der Waals surface area (Å²) in [6, 6.07) is 10.4. The van der Waals surface area contributed by atoms with Crippen LogP contribution in [0.1, 0.15) is 11.3 Å². The van der Waals surface area contributed by atoms with E-state index in [0.29, 0.717) is 0 Å². The second-order valence-corrected chi connectivity index (χ2v) is 3.51. The number of aromatic nitrogens is 1. The smallest absolute Gasteiger partial charge is 0.194 e. The van der Waals surface area contributed by atoms with Crippen LogP contribution >= 0.6 is 0 Å². The molecule has 0 atom stereocenters. The van der Waals surface area contributed by atoms with Crippen LogP contribution in [-0.4, -0.2) is 0 Å². The van der Waals surface area contributed by atoms with Gasteiger partial charge in [0.15, 0.2) is 0 Å². The summed E-state index contributed by atoms with van der Waals surface area (Å²) in [6.07, 6.45) is 3.73. The average Bonchev–Trinajstić information content (AvgIpc) is 2.29. The fourth-order valence-corrected chi connectivity index (χ4v) is 1.90. The standard InChI is InChI=1S/C14H14N/c1-4-11-10-12-8-6-7-9-14(12)15(3)13(11)5-2/h4-10H,1-2H2,3H3/q+1. The number of pyridine rings is 1. The number of para-hydroxylation sites is 1. The summed E-state index contributed by atoms with van der Waals surface area (Å²) in [7, 11) is 2.05. The molecule has 0 aliphatic heterocycles. The maximum Gasteiger partial charge on any atom is 0.212 e. The van der Waals surface area contributed by atoms with E-state index in [4.69, 9.17) is 0 Å². The third-order valence-electron chi connectivity index (χ3n) is 2.68. The molecule has 1 heteroatoms. The second-order valence-electron chi connectivity index (χ2n) is 3.51. The lowest BCUT2D eigenvalue weighted by molar-refractivity contribution is -0.646. The van der Waals surface area contributed by atoms with Crippen LogP contribution in [0.15, 0.2) is 43.5 Å². The fourth-order valence-electron chi connectivity index (χ4n) is 1.90. The van der Waals surface area contributed by atoms with Crippen molar-refractivity contribution >= 4 is 23.1 Å². The van der Waals surface area contributed by atoms with Crippen LogP contribution in [0.5, 0.6) is 0 Å². The highest BCUT2D eigenvalue weighted by atomic mass is 14.9. The predicted molar refractivity (Wildman–Crippen MR) is 65.3 cm³/mol. The van der Waals surface area contributed by atoms with Gasteiger partial charge in [-0.25, -0.2) is 0 Å². The molecule has 74 valence electrons. The minimum absolute atomic E-state index is 1.10. The molecule has 0 N–H and O–H groups in total. The van der Waals surface area contributed by atoms with Crippen LogP contribution in [0.3, 0.4) is 0 Å². The largest absolute Gasteiger partial charge is 0.212 e. The molecular weight excluding hydrogens is 182 g/mol. The summed E-state index contributed by atoms with van der Waals surface area (Å²) < 4.78 is 2.14. The van der Waals surface area contributed by atoms with Crippen molar-refractivity contribution in [3.05, 3.63) is 54.7 Å². The molecule has 0 unspecified atom stereocenters. The van der Waals surface area contributed by atoms with Gasteiger partial charge in [0.05, 0.1) is 0 Å². The zero-order valence-corrected chi connectivity index (χ0v) is 8.90. The molecule has 2 rings (SSSR count). The van der Waals surface area contributed by atoms with E-state index >= 15 is 0 Å². The van der Waals surface area contributed by atoms with Gasteiger partial charge < -0.3 is 0 Å². The number of benzene rings is 1. The Hall–Kier alpha value is -1.89. The van der Waals surface area contributed by atoms with Gasteiger partial charge in [-0.05, 0) is 12.1 Å². The molecule has 1 aromatic heterocycles. The van der Waals surface area contributed by atoms with Gasteiger partial charge in [0.2, 0.25) is 11.2 Å². The Bertz CT molecular complexity index is 538. The van der Waals surface area contributed by atoms with Crippen molar-refractivity contribution in [3.63, 3.8) is 0 Å². The summed E-state index contributed by atoms with van der Waals surface area (Å²) >= 11 is 0. The Morgan fingerprint density at radius 2 is 1.87 bits per heavy atom. The molecule has 2 aromatic rings. The highest BCUT2D eigenvalue weighted by Gasteiger charge is 2.12. The van der Waals surface area contributed by atoms with Gasteiger partial charge >= 0.3 is 0 Å². The Morgan fingerprint density at radius 3 is 2.53 bits per heavy atom. The third-order valence-corrected chi connectivity index (χ3v) is 2.68. The second kappa shape index (κ2) is 3.70. The van der Waals surface area contributed by atoms with E-state index in [9.17, 15) is 0 Å². The van der Waals surface area contributed by atoms with Crippen molar-refractivity contribution < 1.29 is 4.57 Å². The zero-order chi connectivity index (χ0) is 10.8. The number of hydrogen-bond donors (Lipinski definition) is 0. The highest BCUT2D eigenvalue weighted by molar-refractivity contribution is 5.79. The van der Waals surface area contributed by atoms with Gasteiger partial charge in [-0.3, -0.25) is 0 Å². The molecule has 0 aliphatic rings. The maximum absolute atomic E-state index is 3.84. The summed E-state index contributed by atoms with van der Waals surface area (Å²) in [4.78, 5) is 0. The third kappa shape index (κ3) is 1.46.